The highest BCUT2D eigenvalue weighted by Gasteiger charge is 2.25. The van der Waals surface area contributed by atoms with Crippen molar-refractivity contribution in [1.82, 2.24) is 4.31 Å². The number of nitrogens with zero attached hydrogens (tertiary/aromatic N) is 1. The fraction of sp³-hybridized carbons (Fsp3) is 0.625. The average Bonchev–Trinajstić information content (AvgIpc) is 2.47. The maximum atomic E-state index is 11.6. The number of piperidine rings is 1. The summed E-state index contributed by atoms with van der Waals surface area (Å²) in [6, 6.07) is 10.4. The van der Waals surface area contributed by atoms with Crippen molar-refractivity contribution >= 4 is 26.0 Å². The van der Waals surface area contributed by atoms with Crippen molar-refractivity contribution in [1.29, 1.82) is 0 Å². The van der Waals surface area contributed by atoms with Crippen molar-refractivity contribution < 1.29 is 8.42 Å². The summed E-state index contributed by atoms with van der Waals surface area (Å²) in [5, 5.41) is 0. The molecule has 0 bridgehead atoms. The van der Waals surface area contributed by atoms with Crippen molar-refractivity contribution in [2.75, 3.05) is 19.3 Å². The molecule has 21 heavy (non-hydrogen) atoms. The van der Waals surface area contributed by atoms with E-state index in [1.807, 2.05) is 6.07 Å². The lowest BCUT2D eigenvalue weighted by Crippen LogP contribution is -2.39. The van der Waals surface area contributed by atoms with Gasteiger partial charge in [-0.3, -0.25) is 0 Å². The molecule has 0 N–H and O–H groups in total. The average molecular weight is 374 g/mol. The van der Waals surface area contributed by atoms with E-state index in [1.54, 1.807) is 4.31 Å². The van der Waals surface area contributed by atoms with Crippen LogP contribution in [-0.2, 0) is 10.0 Å². The number of sulfonamides is 1. The Kier molecular flexibility index (Phi) is 6.26. The zero-order valence-electron chi connectivity index (χ0n) is 12.5. The van der Waals surface area contributed by atoms with Crippen LogP contribution in [0, 0.1) is 5.92 Å². The summed E-state index contributed by atoms with van der Waals surface area (Å²) in [4.78, 5) is 0.397. The molecular formula is C16H24BrNO2S. The fourth-order valence-corrected chi connectivity index (χ4v) is 4.55. The Balaban J connectivity index is 1.76. The van der Waals surface area contributed by atoms with Crippen LogP contribution in [0.5, 0.6) is 0 Å². The van der Waals surface area contributed by atoms with Crippen molar-refractivity contribution in [2.45, 2.75) is 36.9 Å². The number of hydrogen-bond donors (Lipinski definition) is 0. The molecule has 0 aliphatic carbocycles. The molecule has 1 aliphatic rings. The molecule has 0 saturated carbocycles. The molecule has 2 unspecified atom stereocenters. The standard InChI is InChI=1S/C16H24BrNO2S/c1-21(19,20)18-12-6-8-14(13-18)7-5-11-16(17)15-9-3-2-4-10-15/h2-4,9-10,14,16H,5-8,11-13H2,1H3. The molecule has 1 aromatic rings. The van der Waals surface area contributed by atoms with E-state index in [9.17, 15) is 8.42 Å². The first kappa shape index (κ1) is 17.0. The third kappa shape index (κ3) is 5.38. The van der Waals surface area contributed by atoms with Crippen molar-refractivity contribution in [3.63, 3.8) is 0 Å². The zero-order valence-corrected chi connectivity index (χ0v) is 14.9. The van der Waals surface area contributed by atoms with E-state index in [-0.39, 0.29) is 0 Å². The summed E-state index contributed by atoms with van der Waals surface area (Å²) in [7, 11) is -3.02. The Labute approximate surface area is 136 Å². The number of benzene rings is 1. The normalized spacial score (nSPS) is 22.1. The minimum Gasteiger partial charge on any atom is -0.213 e. The van der Waals surface area contributed by atoms with Gasteiger partial charge in [-0.2, -0.15) is 0 Å². The lowest BCUT2D eigenvalue weighted by Gasteiger charge is -2.31. The van der Waals surface area contributed by atoms with Crippen LogP contribution >= 0.6 is 15.9 Å². The molecule has 1 heterocycles. The molecule has 1 fully saturated rings. The number of halogens is 1. The van der Waals surface area contributed by atoms with E-state index in [0.717, 1.165) is 32.1 Å². The Hall–Kier alpha value is -0.390. The SMILES string of the molecule is CS(=O)(=O)N1CCCC(CCCC(Br)c2ccccc2)C1. The summed E-state index contributed by atoms with van der Waals surface area (Å²) in [5.41, 5.74) is 1.32. The van der Waals surface area contributed by atoms with Gasteiger partial charge in [0.2, 0.25) is 10.0 Å². The van der Waals surface area contributed by atoms with Crippen LogP contribution in [0.1, 0.15) is 42.5 Å². The summed E-state index contributed by atoms with van der Waals surface area (Å²) >= 11 is 3.75. The lowest BCUT2D eigenvalue weighted by molar-refractivity contribution is 0.253. The van der Waals surface area contributed by atoms with E-state index >= 15 is 0 Å². The van der Waals surface area contributed by atoms with Crippen molar-refractivity contribution in [3.05, 3.63) is 35.9 Å². The molecule has 118 valence electrons. The van der Waals surface area contributed by atoms with E-state index in [0.29, 0.717) is 23.8 Å². The zero-order chi connectivity index (χ0) is 15.3. The fourth-order valence-electron chi connectivity index (χ4n) is 2.98. The van der Waals surface area contributed by atoms with Crippen LogP contribution in [0.25, 0.3) is 0 Å². The molecule has 1 saturated heterocycles. The third-order valence-electron chi connectivity index (χ3n) is 4.18. The molecule has 2 rings (SSSR count). The van der Waals surface area contributed by atoms with Gasteiger partial charge in [0.15, 0.2) is 0 Å². The first-order chi connectivity index (χ1) is 9.97. The van der Waals surface area contributed by atoms with Crippen LogP contribution in [0.4, 0.5) is 0 Å². The predicted molar refractivity (Wildman–Crippen MR) is 91.1 cm³/mol. The Morgan fingerprint density at radius 1 is 1.33 bits per heavy atom. The summed E-state index contributed by atoms with van der Waals surface area (Å²) in [6.07, 6.45) is 6.81. The number of alkyl halides is 1. The second-order valence-electron chi connectivity index (χ2n) is 5.94. The monoisotopic (exact) mass is 373 g/mol. The molecule has 2 atom stereocenters. The molecule has 0 radical (unpaired) electrons. The number of hydrogen-bond acceptors (Lipinski definition) is 2. The minimum absolute atomic E-state index is 0.397. The highest BCUT2D eigenvalue weighted by molar-refractivity contribution is 9.09. The minimum atomic E-state index is -3.02. The molecule has 1 aliphatic heterocycles. The molecule has 0 amide bonds. The van der Waals surface area contributed by atoms with Gasteiger partial charge in [0.25, 0.3) is 0 Å². The second-order valence-corrected chi connectivity index (χ2v) is 9.03. The van der Waals surface area contributed by atoms with Gasteiger partial charge >= 0.3 is 0 Å². The van der Waals surface area contributed by atoms with Crippen LogP contribution in [-0.4, -0.2) is 32.1 Å². The van der Waals surface area contributed by atoms with Gasteiger partial charge in [0.1, 0.15) is 0 Å². The first-order valence-corrected chi connectivity index (χ1v) is 10.4. The van der Waals surface area contributed by atoms with Gasteiger partial charge in [0, 0.05) is 17.9 Å². The predicted octanol–water partition coefficient (Wildman–Crippen LogP) is 3.96. The maximum Gasteiger partial charge on any atom is 0.211 e. The summed E-state index contributed by atoms with van der Waals surface area (Å²) in [6.45, 7) is 1.40. The van der Waals surface area contributed by atoms with Crippen LogP contribution in [0.3, 0.4) is 0 Å². The van der Waals surface area contributed by atoms with Crippen molar-refractivity contribution in [3.8, 4) is 0 Å². The Morgan fingerprint density at radius 3 is 2.71 bits per heavy atom. The van der Waals surface area contributed by atoms with Gasteiger partial charge in [0.05, 0.1) is 6.26 Å². The third-order valence-corrected chi connectivity index (χ3v) is 6.44. The van der Waals surface area contributed by atoms with Gasteiger partial charge in [-0.05, 0) is 37.2 Å². The van der Waals surface area contributed by atoms with E-state index < -0.39 is 10.0 Å². The Morgan fingerprint density at radius 2 is 2.05 bits per heavy atom. The highest BCUT2D eigenvalue weighted by atomic mass is 79.9. The molecule has 0 spiro atoms. The second kappa shape index (κ2) is 7.75. The lowest BCUT2D eigenvalue weighted by atomic mass is 9.93. The molecule has 1 aromatic carbocycles. The summed E-state index contributed by atoms with van der Waals surface area (Å²) < 4.78 is 24.9. The topological polar surface area (TPSA) is 37.4 Å². The molecule has 5 heteroatoms. The highest BCUT2D eigenvalue weighted by Crippen LogP contribution is 2.30. The van der Waals surface area contributed by atoms with E-state index in [1.165, 1.54) is 11.8 Å². The maximum absolute atomic E-state index is 11.6. The molecular weight excluding hydrogens is 350 g/mol. The largest absolute Gasteiger partial charge is 0.213 e. The van der Waals surface area contributed by atoms with Crippen molar-refractivity contribution in [2.24, 2.45) is 5.92 Å². The van der Waals surface area contributed by atoms with Gasteiger partial charge in [-0.1, -0.05) is 52.7 Å². The van der Waals surface area contributed by atoms with Crippen LogP contribution in [0.2, 0.25) is 0 Å². The summed E-state index contributed by atoms with van der Waals surface area (Å²) in [5.74, 6) is 0.518. The molecule has 0 aromatic heterocycles. The first-order valence-electron chi connectivity index (χ1n) is 7.61. The van der Waals surface area contributed by atoms with Crippen LogP contribution in [0.15, 0.2) is 30.3 Å². The van der Waals surface area contributed by atoms with Gasteiger partial charge in [-0.25, -0.2) is 12.7 Å². The van der Waals surface area contributed by atoms with E-state index in [2.05, 4.69) is 40.2 Å². The van der Waals surface area contributed by atoms with E-state index in [4.69, 9.17) is 0 Å². The quantitative estimate of drug-likeness (QED) is 0.707. The number of rotatable bonds is 6. The molecule has 3 nitrogen and oxygen atoms in total. The Bertz CT molecular complexity index is 532. The van der Waals surface area contributed by atoms with Gasteiger partial charge < -0.3 is 0 Å². The van der Waals surface area contributed by atoms with Gasteiger partial charge in [-0.15, -0.1) is 0 Å². The smallest absolute Gasteiger partial charge is 0.211 e. The van der Waals surface area contributed by atoms with Crippen LogP contribution < -0.4 is 0 Å².